The molecule has 0 bridgehead atoms. The number of oxazole rings is 1. The van der Waals surface area contributed by atoms with Gasteiger partial charge in [-0.15, -0.1) is 0 Å². The minimum absolute atomic E-state index is 0.314. The van der Waals surface area contributed by atoms with Crippen LogP contribution in [-0.2, 0) is 17.6 Å². The van der Waals surface area contributed by atoms with Gasteiger partial charge in [0.25, 0.3) is 0 Å². The molecule has 0 atom stereocenters. The Morgan fingerprint density at radius 1 is 1.41 bits per heavy atom. The predicted molar refractivity (Wildman–Crippen MR) is 80.7 cm³/mol. The highest BCUT2D eigenvalue weighted by Gasteiger charge is 2.18. The van der Waals surface area contributed by atoms with Crippen molar-refractivity contribution in [2.75, 3.05) is 6.61 Å². The lowest BCUT2D eigenvalue weighted by molar-refractivity contribution is -0.139. The van der Waals surface area contributed by atoms with Crippen molar-refractivity contribution in [1.82, 2.24) is 4.98 Å². The first-order valence-electron chi connectivity index (χ1n) is 7.28. The number of aromatic nitrogens is 1. The fourth-order valence-corrected chi connectivity index (χ4v) is 2.77. The Hall–Kier alpha value is -2.56. The van der Waals surface area contributed by atoms with Crippen LogP contribution in [0.15, 0.2) is 41.2 Å². The van der Waals surface area contributed by atoms with E-state index in [1.165, 1.54) is 5.57 Å². The summed E-state index contributed by atoms with van der Waals surface area (Å²) in [4.78, 5) is 14.8. The number of carboxylic acid groups (broad SMARTS) is 1. The average molecular weight is 299 g/mol. The lowest BCUT2D eigenvalue weighted by Gasteiger charge is -2.21. The molecule has 3 rings (SSSR count). The number of rotatable bonds is 5. The quantitative estimate of drug-likeness (QED) is 0.918. The van der Waals surface area contributed by atoms with Crippen LogP contribution in [0.2, 0.25) is 0 Å². The van der Waals surface area contributed by atoms with Crippen LogP contribution < -0.4 is 4.74 Å². The molecule has 0 saturated carbocycles. The number of aliphatic carboxylic acids is 1. The summed E-state index contributed by atoms with van der Waals surface area (Å²) in [6.07, 6.45) is 8.92. The molecule has 0 saturated heterocycles. The van der Waals surface area contributed by atoms with Crippen LogP contribution in [0.3, 0.4) is 0 Å². The zero-order valence-corrected chi connectivity index (χ0v) is 12.1. The highest BCUT2D eigenvalue weighted by Crippen LogP contribution is 2.36. The van der Waals surface area contributed by atoms with Gasteiger partial charge in [0.05, 0.1) is 6.20 Å². The summed E-state index contributed by atoms with van der Waals surface area (Å²) in [5.41, 5.74) is 3.47. The van der Waals surface area contributed by atoms with Crippen molar-refractivity contribution in [2.24, 2.45) is 0 Å². The zero-order valence-electron chi connectivity index (χ0n) is 12.1. The van der Waals surface area contributed by atoms with Crippen LogP contribution in [-0.4, -0.2) is 22.7 Å². The van der Waals surface area contributed by atoms with Gasteiger partial charge in [-0.3, -0.25) is 0 Å². The second-order valence-corrected chi connectivity index (χ2v) is 5.18. The average Bonchev–Trinajstić information content (AvgIpc) is 3.04. The van der Waals surface area contributed by atoms with Gasteiger partial charge >= 0.3 is 5.97 Å². The van der Waals surface area contributed by atoms with Crippen molar-refractivity contribution in [2.45, 2.75) is 25.7 Å². The molecule has 114 valence electrons. The molecule has 1 aliphatic rings. The van der Waals surface area contributed by atoms with Gasteiger partial charge in [-0.05, 0) is 36.5 Å². The summed E-state index contributed by atoms with van der Waals surface area (Å²) in [5.74, 6) is 0.396. The van der Waals surface area contributed by atoms with Crippen molar-refractivity contribution in [3.63, 3.8) is 0 Å². The largest absolute Gasteiger partial charge is 0.482 e. The van der Waals surface area contributed by atoms with E-state index in [-0.39, 0.29) is 6.61 Å². The van der Waals surface area contributed by atoms with Gasteiger partial charge in [-0.25, -0.2) is 9.78 Å². The van der Waals surface area contributed by atoms with E-state index in [0.717, 1.165) is 30.4 Å². The normalized spacial score (nSPS) is 15.5. The van der Waals surface area contributed by atoms with E-state index >= 15 is 0 Å². The molecule has 0 radical (unpaired) electrons. The molecule has 1 N–H and O–H groups in total. The Labute approximate surface area is 128 Å². The number of hydrogen-bond acceptors (Lipinski definition) is 4. The highest BCUT2D eigenvalue weighted by molar-refractivity contribution is 5.73. The third-order valence-electron chi connectivity index (χ3n) is 3.71. The maximum Gasteiger partial charge on any atom is 0.341 e. The molecule has 0 spiro atoms. The Bertz CT molecular complexity index is 689. The second-order valence-electron chi connectivity index (χ2n) is 5.18. The van der Waals surface area contributed by atoms with E-state index in [1.54, 1.807) is 12.5 Å². The molecule has 5 heteroatoms. The lowest BCUT2D eigenvalue weighted by atomic mass is 9.86. The Balaban J connectivity index is 1.85. The smallest absolute Gasteiger partial charge is 0.341 e. The van der Waals surface area contributed by atoms with E-state index < -0.39 is 5.97 Å². The molecular formula is C17H17NO4. The molecular weight excluding hydrogens is 282 g/mol. The fraction of sp³-hybridized carbons (Fsp3) is 0.294. The summed E-state index contributed by atoms with van der Waals surface area (Å²) in [7, 11) is 0. The van der Waals surface area contributed by atoms with Crippen molar-refractivity contribution in [1.29, 1.82) is 0 Å². The lowest BCUT2D eigenvalue weighted by Crippen LogP contribution is -2.12. The third kappa shape index (κ3) is 3.19. The van der Waals surface area contributed by atoms with E-state index in [1.807, 2.05) is 12.1 Å². The Morgan fingerprint density at radius 3 is 3.09 bits per heavy atom. The molecule has 1 aliphatic carbocycles. The van der Waals surface area contributed by atoms with Crippen molar-refractivity contribution in [3.8, 4) is 5.75 Å². The molecule has 0 amide bonds. The van der Waals surface area contributed by atoms with E-state index in [2.05, 4.69) is 17.1 Å². The van der Waals surface area contributed by atoms with Gasteiger partial charge in [0.15, 0.2) is 12.5 Å². The number of fused-ring (bicyclic) bond motifs is 1. The minimum Gasteiger partial charge on any atom is -0.482 e. The third-order valence-corrected chi connectivity index (χ3v) is 3.71. The van der Waals surface area contributed by atoms with Crippen molar-refractivity contribution < 1.29 is 19.1 Å². The molecule has 2 aromatic rings. The molecule has 22 heavy (non-hydrogen) atoms. The predicted octanol–water partition coefficient (Wildman–Crippen LogP) is 3.10. The number of carboxylic acids is 1. The monoisotopic (exact) mass is 299 g/mol. The van der Waals surface area contributed by atoms with E-state index in [4.69, 9.17) is 14.3 Å². The van der Waals surface area contributed by atoms with Gasteiger partial charge in [-0.2, -0.15) is 0 Å². The summed E-state index contributed by atoms with van der Waals surface area (Å²) in [6.45, 7) is -0.314. The molecule has 1 aromatic heterocycles. The van der Waals surface area contributed by atoms with Gasteiger partial charge in [0.2, 0.25) is 0 Å². The number of benzene rings is 1. The number of carbonyl (C=O) groups is 1. The molecule has 0 aliphatic heterocycles. The van der Waals surface area contributed by atoms with Crippen LogP contribution in [0.5, 0.6) is 5.75 Å². The summed E-state index contributed by atoms with van der Waals surface area (Å²) in [5, 5.41) is 8.77. The maximum absolute atomic E-state index is 10.7. The summed E-state index contributed by atoms with van der Waals surface area (Å²) < 4.78 is 10.7. The van der Waals surface area contributed by atoms with Crippen molar-refractivity contribution >= 4 is 11.5 Å². The molecule has 1 heterocycles. The van der Waals surface area contributed by atoms with Crippen LogP contribution in [0.4, 0.5) is 0 Å². The minimum atomic E-state index is -0.965. The van der Waals surface area contributed by atoms with Gasteiger partial charge in [-0.1, -0.05) is 18.2 Å². The standard InChI is InChI=1S/C17H17NO4/c19-17(20)11-22-15-6-2-4-13-12(3-1-5-14(13)15)7-8-16-18-9-10-21-16/h2,4,6-7,9-10H,1,3,5,8,11H2,(H,19,20). The zero-order chi connectivity index (χ0) is 15.4. The van der Waals surface area contributed by atoms with Crippen molar-refractivity contribution in [3.05, 3.63) is 53.8 Å². The SMILES string of the molecule is O=C(O)COc1cccc2c1CCCC2=CCc1ncco1. The van der Waals surface area contributed by atoms with Gasteiger partial charge in [0, 0.05) is 12.0 Å². The number of nitrogens with zero attached hydrogens (tertiary/aromatic N) is 1. The van der Waals surface area contributed by atoms with Gasteiger partial charge < -0.3 is 14.3 Å². The maximum atomic E-state index is 10.7. The van der Waals surface area contributed by atoms with Crippen LogP contribution in [0.1, 0.15) is 29.9 Å². The molecule has 5 nitrogen and oxygen atoms in total. The molecule has 1 aromatic carbocycles. The molecule has 0 fully saturated rings. The fourth-order valence-electron chi connectivity index (χ4n) is 2.77. The Morgan fingerprint density at radius 2 is 2.32 bits per heavy atom. The summed E-state index contributed by atoms with van der Waals surface area (Å²) >= 11 is 0. The highest BCUT2D eigenvalue weighted by atomic mass is 16.5. The topological polar surface area (TPSA) is 72.6 Å². The summed E-state index contributed by atoms with van der Waals surface area (Å²) in [6, 6.07) is 5.79. The van der Waals surface area contributed by atoms with E-state index in [0.29, 0.717) is 18.1 Å². The van der Waals surface area contributed by atoms with Crippen LogP contribution >= 0.6 is 0 Å². The molecule has 0 unspecified atom stereocenters. The first-order valence-corrected chi connectivity index (χ1v) is 7.28. The van der Waals surface area contributed by atoms with Crippen LogP contribution in [0.25, 0.3) is 5.57 Å². The number of ether oxygens (including phenoxy) is 1. The second kappa shape index (κ2) is 6.47. The Kier molecular flexibility index (Phi) is 4.23. The first-order chi connectivity index (χ1) is 10.7. The number of hydrogen-bond donors (Lipinski definition) is 1. The van der Waals surface area contributed by atoms with Gasteiger partial charge in [0.1, 0.15) is 12.0 Å². The first kappa shape index (κ1) is 14.4. The number of allylic oxidation sites excluding steroid dienone is 2. The van der Waals surface area contributed by atoms with E-state index in [9.17, 15) is 4.79 Å². The van der Waals surface area contributed by atoms with Crippen LogP contribution in [0, 0.1) is 0 Å².